The number of aromatic amines is 2. The Hall–Kier alpha value is -3.73. The third kappa shape index (κ3) is 2.44. The zero-order valence-corrected chi connectivity index (χ0v) is 15.6. The third-order valence-corrected chi connectivity index (χ3v) is 5.27. The molecule has 28 heavy (non-hydrogen) atoms. The normalized spacial score (nSPS) is 11.4. The van der Waals surface area contributed by atoms with Gasteiger partial charge in [-0.25, -0.2) is 0 Å². The van der Waals surface area contributed by atoms with Crippen molar-refractivity contribution in [2.45, 2.75) is 0 Å². The van der Waals surface area contributed by atoms with Crippen molar-refractivity contribution < 1.29 is 9.53 Å². The van der Waals surface area contributed by atoms with E-state index in [1.807, 2.05) is 49.8 Å². The highest BCUT2D eigenvalue weighted by Gasteiger charge is 2.17. The molecule has 5 heteroatoms. The SMILES string of the molecule is COc1ccc2[nH]cc(-c3cn(C)cc3-c3c[nH]c4ccc(C=O)cc34)c2c1. The first kappa shape index (κ1) is 16.4. The molecule has 0 radical (unpaired) electrons. The third-order valence-electron chi connectivity index (χ3n) is 5.27. The van der Waals surface area contributed by atoms with Crippen LogP contribution in [0.4, 0.5) is 0 Å². The Labute approximate surface area is 161 Å². The molecule has 5 rings (SSSR count). The number of aryl methyl sites for hydroxylation is 1. The minimum absolute atomic E-state index is 0.669. The number of H-pyrrole nitrogens is 2. The van der Waals surface area contributed by atoms with E-state index in [2.05, 4.69) is 33.0 Å². The summed E-state index contributed by atoms with van der Waals surface area (Å²) >= 11 is 0. The monoisotopic (exact) mass is 369 g/mol. The second-order valence-electron chi connectivity index (χ2n) is 6.99. The molecule has 0 spiro atoms. The summed E-state index contributed by atoms with van der Waals surface area (Å²) in [5.74, 6) is 0.827. The van der Waals surface area contributed by atoms with Crippen LogP contribution >= 0.6 is 0 Å². The van der Waals surface area contributed by atoms with E-state index in [1.165, 1.54) is 0 Å². The Morgan fingerprint density at radius 1 is 0.857 bits per heavy atom. The molecule has 0 bridgehead atoms. The molecule has 0 aliphatic rings. The van der Waals surface area contributed by atoms with Crippen LogP contribution in [0.25, 0.3) is 44.1 Å². The summed E-state index contributed by atoms with van der Waals surface area (Å²) in [4.78, 5) is 17.9. The number of hydrogen-bond donors (Lipinski definition) is 2. The summed E-state index contributed by atoms with van der Waals surface area (Å²) in [6.07, 6.45) is 9.17. The van der Waals surface area contributed by atoms with Crippen LogP contribution in [0.5, 0.6) is 5.75 Å². The highest BCUT2D eigenvalue weighted by molar-refractivity contribution is 6.05. The van der Waals surface area contributed by atoms with Gasteiger partial charge in [-0.3, -0.25) is 4.79 Å². The molecule has 2 aromatic carbocycles. The van der Waals surface area contributed by atoms with E-state index in [-0.39, 0.29) is 0 Å². The molecule has 0 saturated carbocycles. The van der Waals surface area contributed by atoms with Crippen LogP contribution in [0.3, 0.4) is 0 Å². The van der Waals surface area contributed by atoms with Gasteiger partial charge in [-0.05, 0) is 36.4 Å². The number of methoxy groups -OCH3 is 1. The van der Waals surface area contributed by atoms with E-state index in [0.29, 0.717) is 5.56 Å². The second-order valence-corrected chi connectivity index (χ2v) is 6.99. The van der Waals surface area contributed by atoms with Crippen LogP contribution in [-0.2, 0) is 7.05 Å². The van der Waals surface area contributed by atoms with Gasteiger partial charge in [-0.15, -0.1) is 0 Å². The van der Waals surface area contributed by atoms with Crippen molar-refractivity contribution in [3.63, 3.8) is 0 Å². The molecule has 0 aliphatic heterocycles. The van der Waals surface area contributed by atoms with Crippen molar-refractivity contribution in [1.29, 1.82) is 0 Å². The zero-order valence-electron chi connectivity index (χ0n) is 15.6. The second kappa shape index (κ2) is 6.16. The molecular weight excluding hydrogens is 350 g/mol. The number of carbonyl (C=O) groups excluding carboxylic acids is 1. The predicted molar refractivity (Wildman–Crippen MR) is 112 cm³/mol. The molecule has 0 atom stereocenters. The molecule has 0 fully saturated rings. The van der Waals surface area contributed by atoms with E-state index in [1.54, 1.807) is 7.11 Å². The summed E-state index contributed by atoms with van der Waals surface area (Å²) in [6, 6.07) is 11.7. The molecule has 5 nitrogen and oxygen atoms in total. The highest BCUT2D eigenvalue weighted by atomic mass is 16.5. The molecule has 2 N–H and O–H groups in total. The quantitative estimate of drug-likeness (QED) is 0.431. The van der Waals surface area contributed by atoms with Crippen molar-refractivity contribution in [2.24, 2.45) is 7.05 Å². The lowest BCUT2D eigenvalue weighted by atomic mass is 9.98. The van der Waals surface area contributed by atoms with Crippen LogP contribution in [0, 0.1) is 0 Å². The van der Waals surface area contributed by atoms with E-state index in [0.717, 1.165) is 56.1 Å². The van der Waals surface area contributed by atoms with E-state index in [4.69, 9.17) is 4.74 Å². The summed E-state index contributed by atoms with van der Waals surface area (Å²) in [6.45, 7) is 0. The Morgan fingerprint density at radius 2 is 1.46 bits per heavy atom. The van der Waals surface area contributed by atoms with E-state index in [9.17, 15) is 4.79 Å². The number of carbonyl (C=O) groups is 1. The van der Waals surface area contributed by atoms with Crippen LogP contribution in [-0.4, -0.2) is 27.9 Å². The van der Waals surface area contributed by atoms with Gasteiger partial charge in [0.05, 0.1) is 7.11 Å². The van der Waals surface area contributed by atoms with Gasteiger partial charge in [-0.2, -0.15) is 0 Å². The molecule has 0 amide bonds. The van der Waals surface area contributed by atoms with Gasteiger partial charge < -0.3 is 19.3 Å². The van der Waals surface area contributed by atoms with Gasteiger partial charge in [0.2, 0.25) is 0 Å². The fourth-order valence-corrected chi connectivity index (χ4v) is 3.90. The molecule has 5 aromatic rings. The maximum absolute atomic E-state index is 11.3. The van der Waals surface area contributed by atoms with Gasteiger partial charge in [0.1, 0.15) is 12.0 Å². The van der Waals surface area contributed by atoms with Gasteiger partial charge >= 0.3 is 0 Å². The first-order chi connectivity index (χ1) is 13.7. The standard InChI is InChI=1S/C23H19N3O2/c1-26-11-20(18-9-24-22-5-3-14(13-27)7-16(18)22)21(12-26)19-10-25-23-6-4-15(28-2)8-17(19)23/h3-13,24-25H,1-2H3. The predicted octanol–water partition coefficient (Wildman–Crippen LogP) is 5.14. The number of aldehydes is 1. The molecule has 0 unspecified atom stereocenters. The van der Waals surface area contributed by atoms with Gasteiger partial charge in [0, 0.05) is 81.5 Å². The number of aromatic nitrogens is 3. The van der Waals surface area contributed by atoms with E-state index >= 15 is 0 Å². The molecule has 0 saturated heterocycles. The smallest absolute Gasteiger partial charge is 0.150 e. The van der Waals surface area contributed by atoms with Crippen molar-refractivity contribution in [3.05, 3.63) is 66.7 Å². The Bertz CT molecular complexity index is 1340. The number of fused-ring (bicyclic) bond motifs is 2. The van der Waals surface area contributed by atoms with Gasteiger partial charge in [0.25, 0.3) is 0 Å². The van der Waals surface area contributed by atoms with Crippen molar-refractivity contribution in [1.82, 2.24) is 14.5 Å². The lowest BCUT2D eigenvalue weighted by Gasteiger charge is -2.04. The van der Waals surface area contributed by atoms with Crippen molar-refractivity contribution in [3.8, 4) is 28.0 Å². The van der Waals surface area contributed by atoms with Crippen LogP contribution in [0.1, 0.15) is 10.4 Å². The average Bonchev–Trinajstić information content (AvgIpc) is 3.42. The molecule has 0 aliphatic carbocycles. The lowest BCUT2D eigenvalue weighted by molar-refractivity contribution is 0.112. The molecular formula is C23H19N3O2. The largest absolute Gasteiger partial charge is 0.497 e. The molecule has 138 valence electrons. The first-order valence-corrected chi connectivity index (χ1v) is 9.06. The Morgan fingerprint density at radius 3 is 2.07 bits per heavy atom. The minimum atomic E-state index is 0.669. The van der Waals surface area contributed by atoms with Crippen molar-refractivity contribution >= 4 is 28.1 Å². The van der Waals surface area contributed by atoms with Gasteiger partial charge in [-0.1, -0.05) is 0 Å². The average molecular weight is 369 g/mol. The number of rotatable bonds is 4. The zero-order chi connectivity index (χ0) is 19.3. The number of hydrogen-bond acceptors (Lipinski definition) is 2. The van der Waals surface area contributed by atoms with Crippen LogP contribution in [0.2, 0.25) is 0 Å². The number of ether oxygens (including phenoxy) is 1. The summed E-state index contributed by atoms with van der Waals surface area (Å²) in [5.41, 5.74) is 7.17. The Kier molecular flexibility index (Phi) is 3.62. The highest BCUT2D eigenvalue weighted by Crippen LogP contribution is 2.40. The number of benzene rings is 2. The summed E-state index contributed by atoms with van der Waals surface area (Å²) in [7, 11) is 3.70. The Balaban J connectivity index is 1.76. The summed E-state index contributed by atoms with van der Waals surface area (Å²) < 4.78 is 7.48. The number of nitrogens with one attached hydrogen (secondary N) is 2. The van der Waals surface area contributed by atoms with Crippen LogP contribution in [0.15, 0.2) is 61.2 Å². The fraction of sp³-hybridized carbons (Fsp3) is 0.0870. The van der Waals surface area contributed by atoms with Crippen molar-refractivity contribution in [2.75, 3.05) is 7.11 Å². The number of nitrogens with zero attached hydrogens (tertiary/aromatic N) is 1. The topological polar surface area (TPSA) is 62.8 Å². The lowest BCUT2D eigenvalue weighted by Crippen LogP contribution is -1.83. The minimum Gasteiger partial charge on any atom is -0.497 e. The summed E-state index contributed by atoms with van der Waals surface area (Å²) in [5, 5.41) is 2.15. The maximum Gasteiger partial charge on any atom is 0.150 e. The maximum atomic E-state index is 11.3. The van der Waals surface area contributed by atoms with Crippen LogP contribution < -0.4 is 4.74 Å². The van der Waals surface area contributed by atoms with Gasteiger partial charge in [0.15, 0.2) is 0 Å². The first-order valence-electron chi connectivity index (χ1n) is 9.06. The van der Waals surface area contributed by atoms with E-state index < -0.39 is 0 Å². The molecule has 3 aromatic heterocycles. The molecule has 3 heterocycles. The fourth-order valence-electron chi connectivity index (χ4n) is 3.90.